The number of aromatic nitrogens is 2. The van der Waals surface area contributed by atoms with Gasteiger partial charge < -0.3 is 9.72 Å². The predicted molar refractivity (Wildman–Crippen MR) is 85.6 cm³/mol. The van der Waals surface area contributed by atoms with Crippen molar-refractivity contribution in [3.8, 4) is 11.8 Å². The SMILES string of the molecule is COc1ccc2nc(Sc3cc(Br)cc(C#N)c3)[nH]c2c1. The number of nitrogens with one attached hydrogen (secondary N) is 1. The molecular formula is C15H10BrN3OS. The van der Waals surface area contributed by atoms with E-state index in [0.717, 1.165) is 31.3 Å². The summed E-state index contributed by atoms with van der Waals surface area (Å²) in [5.74, 6) is 0.789. The zero-order valence-electron chi connectivity index (χ0n) is 11.1. The first kappa shape index (κ1) is 14.0. The third kappa shape index (κ3) is 3.04. The standard InChI is InChI=1S/C15H10BrN3OS/c1-20-11-2-3-13-14(7-11)19-15(18-13)21-12-5-9(8-17)4-10(16)6-12/h2-7H,1H3,(H,18,19). The molecule has 1 aromatic heterocycles. The Labute approximate surface area is 134 Å². The van der Waals surface area contributed by atoms with Crippen LogP contribution in [-0.2, 0) is 0 Å². The first-order chi connectivity index (χ1) is 10.2. The minimum atomic E-state index is 0.615. The number of benzene rings is 2. The van der Waals surface area contributed by atoms with E-state index in [1.807, 2.05) is 30.3 Å². The summed E-state index contributed by atoms with van der Waals surface area (Å²) in [6, 6.07) is 13.4. The number of methoxy groups -OCH3 is 1. The fourth-order valence-electron chi connectivity index (χ4n) is 1.94. The van der Waals surface area contributed by atoms with Gasteiger partial charge >= 0.3 is 0 Å². The summed E-state index contributed by atoms with van der Waals surface area (Å²) in [7, 11) is 1.64. The number of nitrogens with zero attached hydrogens (tertiary/aromatic N) is 2. The Bertz CT molecular complexity index is 854. The maximum Gasteiger partial charge on any atom is 0.171 e. The van der Waals surface area contributed by atoms with Crippen molar-refractivity contribution in [2.45, 2.75) is 10.1 Å². The average Bonchev–Trinajstić information content (AvgIpc) is 2.87. The van der Waals surface area contributed by atoms with Crippen molar-refractivity contribution in [3.05, 3.63) is 46.4 Å². The van der Waals surface area contributed by atoms with Gasteiger partial charge in [0.1, 0.15) is 5.75 Å². The van der Waals surface area contributed by atoms with Crippen LogP contribution in [0.3, 0.4) is 0 Å². The molecule has 0 aliphatic rings. The van der Waals surface area contributed by atoms with Crippen LogP contribution < -0.4 is 4.74 Å². The second-order valence-corrected chi connectivity index (χ2v) is 6.29. The molecular weight excluding hydrogens is 350 g/mol. The summed E-state index contributed by atoms with van der Waals surface area (Å²) in [4.78, 5) is 8.72. The lowest BCUT2D eigenvalue weighted by Crippen LogP contribution is -1.81. The average molecular weight is 360 g/mol. The number of ether oxygens (including phenoxy) is 1. The number of nitriles is 1. The van der Waals surface area contributed by atoms with E-state index >= 15 is 0 Å². The number of aromatic amines is 1. The third-order valence-corrected chi connectivity index (χ3v) is 4.20. The van der Waals surface area contributed by atoms with Crippen molar-refractivity contribution in [2.75, 3.05) is 7.11 Å². The number of hydrogen-bond acceptors (Lipinski definition) is 4. The monoisotopic (exact) mass is 359 g/mol. The molecule has 0 aliphatic carbocycles. The van der Waals surface area contributed by atoms with E-state index in [2.05, 4.69) is 32.0 Å². The third-order valence-electron chi connectivity index (χ3n) is 2.88. The number of H-pyrrole nitrogens is 1. The summed E-state index contributed by atoms with van der Waals surface area (Å²) >= 11 is 4.89. The quantitative estimate of drug-likeness (QED) is 0.754. The van der Waals surface area contributed by atoms with Crippen molar-refractivity contribution in [2.24, 2.45) is 0 Å². The van der Waals surface area contributed by atoms with Crippen LogP contribution in [0, 0.1) is 11.3 Å². The second kappa shape index (κ2) is 5.80. The fraction of sp³-hybridized carbons (Fsp3) is 0.0667. The molecule has 0 spiro atoms. The predicted octanol–water partition coefficient (Wildman–Crippen LogP) is 4.36. The fourth-order valence-corrected chi connectivity index (χ4v) is 3.48. The van der Waals surface area contributed by atoms with Crippen LogP contribution in [0.4, 0.5) is 0 Å². The Morgan fingerprint density at radius 3 is 2.90 bits per heavy atom. The second-order valence-electron chi connectivity index (χ2n) is 4.31. The van der Waals surface area contributed by atoms with E-state index in [4.69, 9.17) is 10.00 Å². The molecule has 3 aromatic rings. The minimum Gasteiger partial charge on any atom is -0.497 e. The molecule has 4 nitrogen and oxygen atoms in total. The van der Waals surface area contributed by atoms with Crippen LogP contribution in [0.5, 0.6) is 5.75 Å². The van der Waals surface area contributed by atoms with E-state index in [-0.39, 0.29) is 0 Å². The Balaban J connectivity index is 1.94. The van der Waals surface area contributed by atoms with E-state index in [0.29, 0.717) is 5.56 Å². The van der Waals surface area contributed by atoms with Gasteiger partial charge in [-0.3, -0.25) is 0 Å². The number of fused-ring (bicyclic) bond motifs is 1. The van der Waals surface area contributed by atoms with Gasteiger partial charge in [-0.1, -0.05) is 27.7 Å². The smallest absolute Gasteiger partial charge is 0.171 e. The number of imidazole rings is 1. The van der Waals surface area contributed by atoms with Gasteiger partial charge in [-0.25, -0.2) is 4.98 Å². The van der Waals surface area contributed by atoms with Crippen molar-refractivity contribution in [1.29, 1.82) is 5.26 Å². The summed E-state index contributed by atoms with van der Waals surface area (Å²) < 4.78 is 6.08. The van der Waals surface area contributed by atoms with Gasteiger partial charge in [0.25, 0.3) is 0 Å². The van der Waals surface area contributed by atoms with Crippen molar-refractivity contribution >= 4 is 38.7 Å². The van der Waals surface area contributed by atoms with E-state index in [1.54, 1.807) is 13.2 Å². The minimum absolute atomic E-state index is 0.615. The van der Waals surface area contributed by atoms with Crippen LogP contribution in [0.2, 0.25) is 0 Å². The van der Waals surface area contributed by atoms with E-state index < -0.39 is 0 Å². The van der Waals surface area contributed by atoms with Crippen LogP contribution in [0.1, 0.15) is 5.56 Å². The van der Waals surface area contributed by atoms with Crippen molar-refractivity contribution < 1.29 is 4.74 Å². The van der Waals surface area contributed by atoms with Crippen LogP contribution in [-0.4, -0.2) is 17.1 Å². The first-order valence-electron chi connectivity index (χ1n) is 6.10. The van der Waals surface area contributed by atoms with E-state index in [9.17, 15) is 0 Å². The molecule has 0 saturated carbocycles. The molecule has 1 N–H and O–H groups in total. The zero-order valence-corrected chi connectivity index (χ0v) is 13.5. The highest BCUT2D eigenvalue weighted by Gasteiger charge is 2.07. The summed E-state index contributed by atoms with van der Waals surface area (Å²) in [5.41, 5.74) is 2.42. The van der Waals surface area contributed by atoms with Gasteiger partial charge in [-0.15, -0.1) is 0 Å². The Morgan fingerprint density at radius 2 is 2.14 bits per heavy atom. The molecule has 0 radical (unpaired) electrons. The van der Waals surface area contributed by atoms with Crippen LogP contribution >= 0.6 is 27.7 Å². The molecule has 21 heavy (non-hydrogen) atoms. The van der Waals surface area contributed by atoms with Crippen molar-refractivity contribution in [3.63, 3.8) is 0 Å². The van der Waals surface area contributed by atoms with Gasteiger partial charge in [0.15, 0.2) is 5.16 Å². The highest BCUT2D eigenvalue weighted by Crippen LogP contribution is 2.31. The maximum atomic E-state index is 9.01. The molecule has 0 unspecified atom stereocenters. The highest BCUT2D eigenvalue weighted by molar-refractivity contribution is 9.10. The van der Waals surface area contributed by atoms with Gasteiger partial charge in [-0.2, -0.15) is 5.26 Å². The topological polar surface area (TPSA) is 61.7 Å². The number of hydrogen-bond donors (Lipinski definition) is 1. The Hall–Kier alpha value is -1.97. The molecule has 1 heterocycles. The molecule has 104 valence electrons. The first-order valence-corrected chi connectivity index (χ1v) is 7.71. The summed E-state index contributed by atoms with van der Waals surface area (Å²) in [6.07, 6.45) is 0. The molecule has 0 saturated heterocycles. The Kier molecular flexibility index (Phi) is 3.86. The highest BCUT2D eigenvalue weighted by atomic mass is 79.9. The largest absolute Gasteiger partial charge is 0.497 e. The molecule has 0 aliphatic heterocycles. The molecule has 3 rings (SSSR count). The lowest BCUT2D eigenvalue weighted by molar-refractivity contribution is 0.415. The van der Waals surface area contributed by atoms with Crippen LogP contribution in [0.25, 0.3) is 11.0 Å². The number of rotatable bonds is 3. The molecule has 2 aromatic carbocycles. The van der Waals surface area contributed by atoms with E-state index in [1.165, 1.54) is 11.8 Å². The van der Waals surface area contributed by atoms with Gasteiger partial charge in [0.2, 0.25) is 0 Å². The lowest BCUT2D eigenvalue weighted by Gasteiger charge is -2.00. The maximum absolute atomic E-state index is 9.01. The van der Waals surface area contributed by atoms with Crippen LogP contribution in [0.15, 0.2) is 50.9 Å². The summed E-state index contributed by atoms with van der Waals surface area (Å²) in [6.45, 7) is 0. The lowest BCUT2D eigenvalue weighted by atomic mass is 10.2. The molecule has 6 heteroatoms. The number of halogens is 1. The summed E-state index contributed by atoms with van der Waals surface area (Å²) in [5, 5.41) is 9.79. The van der Waals surface area contributed by atoms with Gasteiger partial charge in [0, 0.05) is 15.4 Å². The molecule has 0 amide bonds. The Morgan fingerprint density at radius 1 is 1.29 bits per heavy atom. The van der Waals surface area contributed by atoms with Gasteiger partial charge in [0.05, 0.1) is 29.8 Å². The normalized spacial score (nSPS) is 10.5. The zero-order chi connectivity index (χ0) is 14.8. The molecule has 0 bridgehead atoms. The molecule has 0 fully saturated rings. The van der Waals surface area contributed by atoms with Gasteiger partial charge in [-0.05, 0) is 30.3 Å². The van der Waals surface area contributed by atoms with Crippen molar-refractivity contribution in [1.82, 2.24) is 9.97 Å². The molecule has 0 atom stereocenters.